The fraction of sp³-hybridized carbons (Fsp3) is 0.417. The Bertz CT molecular complexity index is 312. The van der Waals surface area contributed by atoms with E-state index in [2.05, 4.69) is 31.0 Å². The average Bonchev–Trinajstić information content (AvgIpc) is 2.18. The summed E-state index contributed by atoms with van der Waals surface area (Å²) in [7, 11) is 0. The smallest absolute Gasteiger partial charge is 0.211 e. The van der Waals surface area contributed by atoms with Crippen molar-refractivity contribution < 1.29 is 4.79 Å². The highest BCUT2D eigenvalue weighted by atomic mass is 16.1. The molecule has 74 valence electrons. The highest BCUT2D eigenvalue weighted by molar-refractivity contribution is 5.34. The van der Waals surface area contributed by atoms with Crippen molar-refractivity contribution in [3.63, 3.8) is 0 Å². The van der Waals surface area contributed by atoms with Crippen LogP contribution in [-0.4, -0.2) is 12.1 Å². The largest absolute Gasteiger partial charge is 0.235 e. The summed E-state index contributed by atoms with van der Waals surface area (Å²) < 4.78 is 0. The summed E-state index contributed by atoms with van der Waals surface area (Å²) in [5, 5.41) is 0. The van der Waals surface area contributed by atoms with Gasteiger partial charge >= 0.3 is 0 Å². The Morgan fingerprint density at radius 2 is 1.93 bits per heavy atom. The van der Waals surface area contributed by atoms with Crippen LogP contribution in [0.25, 0.3) is 0 Å². The molecule has 2 nitrogen and oxygen atoms in total. The van der Waals surface area contributed by atoms with Gasteiger partial charge in [-0.2, -0.15) is 0 Å². The van der Waals surface area contributed by atoms with Gasteiger partial charge < -0.3 is 0 Å². The van der Waals surface area contributed by atoms with Crippen molar-refractivity contribution in [3.05, 3.63) is 35.9 Å². The van der Waals surface area contributed by atoms with E-state index in [0.29, 0.717) is 5.92 Å². The lowest BCUT2D eigenvalue weighted by Crippen LogP contribution is -2.15. The Kier molecular flexibility index (Phi) is 4.09. The standard InChI is InChI=1S/C12H15NO/c1-10(2)12(13-9-14)8-11-6-4-3-5-7-11/h3-7,10,12H,8H2,1-2H3/t12-/m1/s1. The summed E-state index contributed by atoms with van der Waals surface area (Å²) in [6, 6.07) is 10.1. The Balaban J connectivity index is 2.70. The Labute approximate surface area is 84.7 Å². The molecule has 1 aromatic carbocycles. The van der Waals surface area contributed by atoms with Crippen LogP contribution in [0.4, 0.5) is 0 Å². The van der Waals surface area contributed by atoms with Crippen LogP contribution in [0.5, 0.6) is 0 Å². The first-order valence-corrected chi connectivity index (χ1v) is 4.85. The van der Waals surface area contributed by atoms with Crippen molar-refractivity contribution in [2.45, 2.75) is 26.3 Å². The number of aliphatic imine (C=N–C) groups is 1. The predicted molar refractivity (Wildman–Crippen MR) is 56.9 cm³/mol. The lowest BCUT2D eigenvalue weighted by Gasteiger charge is -2.14. The maximum absolute atomic E-state index is 10.2. The summed E-state index contributed by atoms with van der Waals surface area (Å²) in [5.74, 6) is 0.372. The zero-order valence-corrected chi connectivity index (χ0v) is 8.60. The van der Waals surface area contributed by atoms with Gasteiger partial charge in [-0.1, -0.05) is 44.2 Å². The van der Waals surface area contributed by atoms with Crippen molar-refractivity contribution >= 4 is 6.08 Å². The molecule has 0 saturated heterocycles. The van der Waals surface area contributed by atoms with Crippen LogP contribution < -0.4 is 0 Å². The molecule has 0 amide bonds. The molecule has 0 spiro atoms. The molecule has 14 heavy (non-hydrogen) atoms. The topological polar surface area (TPSA) is 29.4 Å². The Morgan fingerprint density at radius 3 is 2.43 bits per heavy atom. The van der Waals surface area contributed by atoms with E-state index in [1.807, 2.05) is 18.2 Å². The first-order chi connectivity index (χ1) is 6.74. The molecule has 0 aromatic heterocycles. The fourth-order valence-electron chi connectivity index (χ4n) is 1.35. The maximum atomic E-state index is 10.2. The van der Waals surface area contributed by atoms with Gasteiger partial charge in [0.15, 0.2) is 0 Å². The van der Waals surface area contributed by atoms with Gasteiger partial charge in [0.05, 0.1) is 6.04 Å². The number of nitrogens with zero attached hydrogens (tertiary/aromatic N) is 1. The van der Waals surface area contributed by atoms with Crippen LogP contribution in [0.1, 0.15) is 19.4 Å². The van der Waals surface area contributed by atoms with Crippen LogP contribution >= 0.6 is 0 Å². The van der Waals surface area contributed by atoms with Crippen LogP contribution in [0.3, 0.4) is 0 Å². The van der Waals surface area contributed by atoms with Crippen LogP contribution in [0.15, 0.2) is 35.3 Å². The molecule has 1 rings (SSSR count). The summed E-state index contributed by atoms with van der Waals surface area (Å²) in [6.45, 7) is 4.13. The third-order valence-corrected chi connectivity index (χ3v) is 2.28. The van der Waals surface area contributed by atoms with E-state index in [1.165, 1.54) is 5.56 Å². The van der Waals surface area contributed by atoms with Crippen LogP contribution in [0.2, 0.25) is 0 Å². The summed E-state index contributed by atoms with van der Waals surface area (Å²) >= 11 is 0. The molecular formula is C12H15NO. The van der Waals surface area contributed by atoms with Crippen molar-refractivity contribution in [1.82, 2.24) is 0 Å². The molecule has 0 aliphatic rings. The van der Waals surface area contributed by atoms with Gasteiger partial charge in [0.25, 0.3) is 0 Å². The van der Waals surface area contributed by atoms with E-state index in [-0.39, 0.29) is 6.04 Å². The van der Waals surface area contributed by atoms with Gasteiger partial charge in [-0.25, -0.2) is 9.79 Å². The van der Waals surface area contributed by atoms with Crippen molar-refractivity contribution in [2.24, 2.45) is 10.9 Å². The molecular weight excluding hydrogens is 174 g/mol. The highest BCUT2D eigenvalue weighted by Crippen LogP contribution is 2.12. The first-order valence-electron chi connectivity index (χ1n) is 4.85. The van der Waals surface area contributed by atoms with Gasteiger partial charge in [-0.05, 0) is 17.9 Å². The first kappa shape index (κ1) is 10.7. The predicted octanol–water partition coefficient (Wildman–Crippen LogP) is 2.59. The van der Waals surface area contributed by atoms with E-state index < -0.39 is 0 Å². The van der Waals surface area contributed by atoms with Gasteiger partial charge in [-0.3, -0.25) is 0 Å². The summed E-state index contributed by atoms with van der Waals surface area (Å²) in [5.41, 5.74) is 1.21. The maximum Gasteiger partial charge on any atom is 0.235 e. The molecule has 1 atom stereocenters. The second-order valence-corrected chi connectivity index (χ2v) is 3.72. The third-order valence-electron chi connectivity index (χ3n) is 2.28. The number of hydrogen-bond donors (Lipinski definition) is 0. The highest BCUT2D eigenvalue weighted by Gasteiger charge is 2.12. The second-order valence-electron chi connectivity index (χ2n) is 3.72. The zero-order valence-electron chi connectivity index (χ0n) is 8.60. The van der Waals surface area contributed by atoms with E-state index in [9.17, 15) is 4.79 Å². The lowest BCUT2D eigenvalue weighted by atomic mass is 9.97. The Hall–Kier alpha value is -1.40. The SMILES string of the molecule is CC(C)[C@@H](Cc1ccccc1)N=C=O. The van der Waals surface area contributed by atoms with Gasteiger partial charge in [0.1, 0.15) is 0 Å². The third kappa shape index (κ3) is 3.15. The monoisotopic (exact) mass is 189 g/mol. The lowest BCUT2D eigenvalue weighted by molar-refractivity contribution is 0.483. The molecule has 0 aliphatic carbocycles. The second kappa shape index (κ2) is 5.36. The van der Waals surface area contributed by atoms with Crippen molar-refractivity contribution in [2.75, 3.05) is 0 Å². The molecule has 0 aliphatic heterocycles. The van der Waals surface area contributed by atoms with Gasteiger partial charge in [0.2, 0.25) is 6.08 Å². The zero-order chi connectivity index (χ0) is 10.4. The molecule has 2 heteroatoms. The molecule has 0 radical (unpaired) electrons. The summed E-state index contributed by atoms with van der Waals surface area (Å²) in [4.78, 5) is 14.0. The molecule has 0 N–H and O–H groups in total. The minimum Gasteiger partial charge on any atom is -0.211 e. The van der Waals surface area contributed by atoms with Crippen LogP contribution in [0, 0.1) is 5.92 Å². The Morgan fingerprint density at radius 1 is 1.29 bits per heavy atom. The van der Waals surface area contributed by atoms with E-state index in [1.54, 1.807) is 6.08 Å². The molecule has 0 unspecified atom stereocenters. The normalized spacial score (nSPS) is 12.2. The van der Waals surface area contributed by atoms with Crippen molar-refractivity contribution in [3.8, 4) is 0 Å². The fourth-order valence-corrected chi connectivity index (χ4v) is 1.35. The van der Waals surface area contributed by atoms with E-state index in [0.717, 1.165) is 6.42 Å². The molecule has 1 aromatic rings. The molecule has 0 fully saturated rings. The van der Waals surface area contributed by atoms with Gasteiger partial charge in [-0.15, -0.1) is 0 Å². The molecule has 0 heterocycles. The number of rotatable bonds is 4. The molecule has 0 saturated carbocycles. The minimum absolute atomic E-state index is 0.0508. The summed E-state index contributed by atoms with van der Waals surface area (Å²) in [6.07, 6.45) is 2.46. The number of benzene rings is 1. The average molecular weight is 189 g/mol. The van der Waals surface area contributed by atoms with Gasteiger partial charge in [0, 0.05) is 0 Å². The number of carbonyl (C=O) groups excluding carboxylic acids is 1. The van der Waals surface area contributed by atoms with E-state index >= 15 is 0 Å². The number of isocyanates is 1. The minimum atomic E-state index is 0.0508. The van der Waals surface area contributed by atoms with Crippen LogP contribution in [-0.2, 0) is 11.2 Å². The number of hydrogen-bond acceptors (Lipinski definition) is 2. The van der Waals surface area contributed by atoms with Crippen molar-refractivity contribution in [1.29, 1.82) is 0 Å². The quantitative estimate of drug-likeness (QED) is 0.528. The van der Waals surface area contributed by atoms with E-state index in [4.69, 9.17) is 0 Å². The molecule has 0 bridgehead atoms.